The van der Waals surface area contributed by atoms with Crippen molar-refractivity contribution >= 4 is 42.3 Å². The summed E-state index contributed by atoms with van der Waals surface area (Å²) in [6.07, 6.45) is 1.50. The van der Waals surface area contributed by atoms with Crippen molar-refractivity contribution in [2.24, 2.45) is 5.92 Å². The van der Waals surface area contributed by atoms with Gasteiger partial charge in [-0.15, -0.1) is 24.8 Å². The molecule has 1 aromatic carbocycles. The second kappa shape index (κ2) is 12.2. The zero-order valence-corrected chi connectivity index (χ0v) is 17.9. The van der Waals surface area contributed by atoms with Crippen molar-refractivity contribution in [1.29, 1.82) is 0 Å². The van der Waals surface area contributed by atoms with E-state index in [4.69, 9.17) is 4.74 Å². The number of rotatable bonds is 7. The van der Waals surface area contributed by atoms with Crippen LogP contribution in [0.4, 0.5) is 5.69 Å². The standard InChI is InChI=1S/C19H24N4O3.2ClH/c1-12-5-6-15(23-18(24)13(2)11-20-3)17(9-12)26-14-7-8-22-16(10-14)19(25)21-4;;/h5-10,13,20H,11H2,1-4H3,(H,21,25)(H,23,24);2*1H. The number of aryl methyl sites for hydroxylation is 1. The molecule has 2 rings (SSSR count). The van der Waals surface area contributed by atoms with E-state index in [-0.39, 0.29) is 48.2 Å². The molecule has 28 heavy (non-hydrogen) atoms. The average molecular weight is 429 g/mol. The summed E-state index contributed by atoms with van der Waals surface area (Å²) >= 11 is 0. The third-order valence-corrected chi connectivity index (χ3v) is 3.77. The Labute approximate surface area is 177 Å². The normalized spacial score (nSPS) is 10.7. The third-order valence-electron chi connectivity index (χ3n) is 3.77. The number of nitrogens with one attached hydrogen (secondary N) is 3. The van der Waals surface area contributed by atoms with E-state index in [0.29, 0.717) is 23.7 Å². The Hall–Kier alpha value is -2.35. The van der Waals surface area contributed by atoms with E-state index >= 15 is 0 Å². The van der Waals surface area contributed by atoms with Crippen LogP contribution in [0.3, 0.4) is 0 Å². The van der Waals surface area contributed by atoms with E-state index in [2.05, 4.69) is 20.9 Å². The summed E-state index contributed by atoms with van der Waals surface area (Å²) in [5.74, 6) is 0.380. The maximum Gasteiger partial charge on any atom is 0.269 e. The molecule has 0 bridgehead atoms. The fourth-order valence-electron chi connectivity index (χ4n) is 2.33. The summed E-state index contributed by atoms with van der Waals surface area (Å²) in [4.78, 5) is 28.0. The smallest absolute Gasteiger partial charge is 0.269 e. The minimum Gasteiger partial charge on any atom is -0.455 e. The van der Waals surface area contributed by atoms with Gasteiger partial charge < -0.3 is 20.7 Å². The van der Waals surface area contributed by atoms with Gasteiger partial charge in [0.25, 0.3) is 5.91 Å². The third kappa shape index (κ3) is 6.99. The summed E-state index contributed by atoms with van der Waals surface area (Å²) in [6, 6.07) is 8.74. The SMILES string of the molecule is CNCC(C)C(=O)Nc1ccc(C)cc1Oc1ccnc(C(=O)NC)c1.Cl.Cl. The van der Waals surface area contributed by atoms with Crippen LogP contribution in [0.5, 0.6) is 11.5 Å². The van der Waals surface area contributed by atoms with Crippen LogP contribution in [0.1, 0.15) is 23.0 Å². The van der Waals surface area contributed by atoms with Gasteiger partial charge in [0.15, 0.2) is 5.75 Å². The van der Waals surface area contributed by atoms with Crippen LogP contribution in [0.15, 0.2) is 36.5 Å². The number of pyridine rings is 1. The lowest BCUT2D eigenvalue weighted by molar-refractivity contribution is -0.119. The number of carbonyl (C=O) groups is 2. The largest absolute Gasteiger partial charge is 0.455 e. The van der Waals surface area contributed by atoms with Crippen LogP contribution >= 0.6 is 24.8 Å². The summed E-state index contributed by atoms with van der Waals surface area (Å²) in [6.45, 7) is 4.36. The topological polar surface area (TPSA) is 92.3 Å². The fourth-order valence-corrected chi connectivity index (χ4v) is 2.33. The molecular weight excluding hydrogens is 403 g/mol. The van der Waals surface area contributed by atoms with Gasteiger partial charge >= 0.3 is 0 Å². The minimum atomic E-state index is -0.297. The van der Waals surface area contributed by atoms with E-state index in [1.54, 1.807) is 25.2 Å². The Bertz CT molecular complexity index is 802. The summed E-state index contributed by atoms with van der Waals surface area (Å²) < 4.78 is 5.92. The van der Waals surface area contributed by atoms with E-state index in [1.807, 2.05) is 26.0 Å². The van der Waals surface area contributed by atoms with E-state index in [0.717, 1.165) is 5.56 Å². The van der Waals surface area contributed by atoms with Crippen molar-refractivity contribution in [2.45, 2.75) is 13.8 Å². The monoisotopic (exact) mass is 428 g/mol. The number of nitrogens with zero attached hydrogens (tertiary/aromatic N) is 1. The predicted molar refractivity (Wildman–Crippen MR) is 115 cm³/mol. The fraction of sp³-hybridized carbons (Fsp3) is 0.316. The van der Waals surface area contributed by atoms with Crippen LogP contribution in [-0.4, -0.2) is 37.4 Å². The number of ether oxygens (including phenoxy) is 1. The van der Waals surface area contributed by atoms with Crippen molar-refractivity contribution in [3.8, 4) is 11.5 Å². The van der Waals surface area contributed by atoms with Crippen molar-refractivity contribution in [3.63, 3.8) is 0 Å². The first-order chi connectivity index (χ1) is 12.4. The van der Waals surface area contributed by atoms with Gasteiger partial charge in [0.1, 0.15) is 11.4 Å². The van der Waals surface area contributed by atoms with Crippen LogP contribution in [0.2, 0.25) is 0 Å². The molecule has 0 saturated carbocycles. The Morgan fingerprint density at radius 1 is 1.14 bits per heavy atom. The number of hydrogen-bond donors (Lipinski definition) is 3. The maximum absolute atomic E-state index is 12.3. The van der Waals surface area contributed by atoms with Gasteiger partial charge in [0.2, 0.25) is 5.91 Å². The number of halogens is 2. The molecule has 0 aliphatic heterocycles. The molecule has 0 fully saturated rings. The van der Waals surface area contributed by atoms with E-state index in [9.17, 15) is 9.59 Å². The first-order valence-corrected chi connectivity index (χ1v) is 8.36. The highest BCUT2D eigenvalue weighted by Crippen LogP contribution is 2.31. The highest BCUT2D eigenvalue weighted by Gasteiger charge is 2.15. The average Bonchev–Trinajstić information content (AvgIpc) is 2.63. The Kier molecular flexibility index (Phi) is 11.2. The molecule has 0 aliphatic carbocycles. The predicted octanol–water partition coefficient (Wildman–Crippen LogP) is 3.18. The van der Waals surface area contributed by atoms with Crippen molar-refractivity contribution in [1.82, 2.24) is 15.6 Å². The van der Waals surface area contributed by atoms with Crippen molar-refractivity contribution in [3.05, 3.63) is 47.8 Å². The van der Waals surface area contributed by atoms with Gasteiger partial charge in [-0.1, -0.05) is 13.0 Å². The van der Waals surface area contributed by atoms with Gasteiger partial charge in [-0.25, -0.2) is 0 Å². The van der Waals surface area contributed by atoms with Gasteiger partial charge in [-0.05, 0) is 37.7 Å². The van der Waals surface area contributed by atoms with Gasteiger partial charge in [-0.3, -0.25) is 14.6 Å². The summed E-state index contributed by atoms with van der Waals surface area (Å²) in [5, 5.41) is 8.40. The molecule has 1 aromatic heterocycles. The second-order valence-corrected chi connectivity index (χ2v) is 6.01. The zero-order valence-electron chi connectivity index (χ0n) is 16.2. The first kappa shape index (κ1) is 25.6. The van der Waals surface area contributed by atoms with Crippen molar-refractivity contribution < 1.29 is 14.3 Å². The maximum atomic E-state index is 12.3. The van der Waals surface area contributed by atoms with Crippen LogP contribution < -0.4 is 20.7 Å². The Morgan fingerprint density at radius 2 is 1.86 bits per heavy atom. The van der Waals surface area contributed by atoms with Gasteiger partial charge in [0, 0.05) is 31.8 Å². The summed E-state index contributed by atoms with van der Waals surface area (Å²) in [5.41, 5.74) is 1.81. The van der Waals surface area contributed by atoms with Gasteiger partial charge in [0.05, 0.1) is 5.69 Å². The molecule has 9 heteroatoms. The Balaban J connectivity index is 0.00000364. The molecule has 0 aliphatic rings. The number of amides is 2. The number of aromatic nitrogens is 1. The quantitative estimate of drug-likeness (QED) is 0.629. The lowest BCUT2D eigenvalue weighted by atomic mass is 10.1. The highest BCUT2D eigenvalue weighted by atomic mass is 35.5. The van der Waals surface area contributed by atoms with Crippen LogP contribution in [-0.2, 0) is 4.79 Å². The highest BCUT2D eigenvalue weighted by molar-refractivity contribution is 5.94. The molecule has 1 unspecified atom stereocenters. The van der Waals surface area contributed by atoms with Gasteiger partial charge in [-0.2, -0.15) is 0 Å². The number of benzene rings is 1. The Morgan fingerprint density at radius 3 is 2.50 bits per heavy atom. The molecule has 7 nitrogen and oxygen atoms in total. The lowest BCUT2D eigenvalue weighted by Gasteiger charge is -2.16. The number of hydrogen-bond acceptors (Lipinski definition) is 5. The first-order valence-electron chi connectivity index (χ1n) is 8.36. The van der Waals surface area contributed by atoms with E-state index < -0.39 is 0 Å². The van der Waals surface area contributed by atoms with Crippen LogP contribution in [0.25, 0.3) is 0 Å². The molecule has 0 spiro atoms. The minimum absolute atomic E-state index is 0. The summed E-state index contributed by atoms with van der Waals surface area (Å²) in [7, 11) is 3.34. The molecule has 1 heterocycles. The number of carbonyl (C=O) groups excluding carboxylic acids is 2. The molecule has 3 N–H and O–H groups in total. The molecule has 2 amide bonds. The second-order valence-electron chi connectivity index (χ2n) is 6.01. The molecule has 154 valence electrons. The molecule has 0 radical (unpaired) electrons. The lowest BCUT2D eigenvalue weighted by Crippen LogP contribution is -2.28. The molecular formula is C19H26Cl2N4O3. The number of anilines is 1. The van der Waals surface area contributed by atoms with Crippen LogP contribution in [0, 0.1) is 12.8 Å². The zero-order chi connectivity index (χ0) is 19.1. The molecule has 0 saturated heterocycles. The molecule has 1 atom stereocenters. The van der Waals surface area contributed by atoms with E-state index in [1.165, 1.54) is 13.2 Å². The molecule has 2 aromatic rings. The van der Waals surface area contributed by atoms with Crippen molar-refractivity contribution in [2.75, 3.05) is 26.0 Å².